The average Bonchev–Trinajstić information content (AvgIpc) is 3.17. The van der Waals surface area contributed by atoms with E-state index in [4.69, 9.17) is 0 Å². The monoisotopic (exact) mass is 360 g/mol. The second-order valence-corrected chi connectivity index (χ2v) is 6.92. The normalized spacial score (nSPS) is 22.1. The maximum atomic E-state index is 12.8. The van der Waals surface area contributed by atoms with Crippen LogP contribution in [0.15, 0.2) is 30.3 Å². The summed E-state index contributed by atoms with van der Waals surface area (Å²) in [5.41, 5.74) is 3.99. The number of rotatable bonds is 3. The summed E-state index contributed by atoms with van der Waals surface area (Å²) in [6.07, 6.45) is 5.01. The molecule has 4 rings (SSSR count). The minimum atomic E-state index is -0.0121. The maximum Gasteiger partial charge on any atom is 0.272 e. The molecule has 1 aromatic carbocycles. The number of carbonyl (C=O) groups is 1. The third-order valence-electron chi connectivity index (χ3n) is 5.10. The maximum absolute atomic E-state index is 12.8. The number of fused-ring (bicyclic) bond motifs is 1. The van der Waals surface area contributed by atoms with Gasteiger partial charge in [-0.3, -0.25) is 4.79 Å². The third-order valence-corrected chi connectivity index (χ3v) is 5.10. The first-order chi connectivity index (χ1) is 11.7. The van der Waals surface area contributed by atoms with Crippen LogP contribution in [0.2, 0.25) is 0 Å². The zero-order valence-corrected chi connectivity index (χ0v) is 15.3. The topological polar surface area (TPSA) is 59.0 Å². The SMILES string of the molecule is CC1CC(NC(=O)c2nn(-c3ccccc3)c3c2CCC3)CCN1.Cl. The second-order valence-electron chi connectivity index (χ2n) is 6.92. The molecular formula is C19H25ClN4O. The Kier molecular flexibility index (Phi) is 5.45. The van der Waals surface area contributed by atoms with E-state index in [9.17, 15) is 4.79 Å². The fourth-order valence-corrected chi connectivity index (χ4v) is 3.92. The van der Waals surface area contributed by atoms with Gasteiger partial charge in [0, 0.05) is 23.3 Å². The van der Waals surface area contributed by atoms with Crippen molar-refractivity contribution in [2.45, 2.75) is 51.1 Å². The van der Waals surface area contributed by atoms with Crippen LogP contribution in [0, 0.1) is 0 Å². The van der Waals surface area contributed by atoms with Crippen LogP contribution in [0.1, 0.15) is 47.9 Å². The van der Waals surface area contributed by atoms with E-state index in [0.29, 0.717) is 11.7 Å². The molecule has 1 aliphatic carbocycles. The van der Waals surface area contributed by atoms with Crippen molar-refractivity contribution in [1.82, 2.24) is 20.4 Å². The average molecular weight is 361 g/mol. The van der Waals surface area contributed by atoms with E-state index in [-0.39, 0.29) is 24.4 Å². The van der Waals surface area contributed by atoms with Gasteiger partial charge in [-0.2, -0.15) is 5.10 Å². The van der Waals surface area contributed by atoms with Crippen LogP contribution in [0.3, 0.4) is 0 Å². The molecule has 25 heavy (non-hydrogen) atoms. The Balaban J connectivity index is 0.00000182. The van der Waals surface area contributed by atoms with Crippen molar-refractivity contribution >= 4 is 18.3 Å². The van der Waals surface area contributed by atoms with E-state index in [1.807, 2.05) is 35.0 Å². The van der Waals surface area contributed by atoms with Crippen LogP contribution in [-0.2, 0) is 12.8 Å². The van der Waals surface area contributed by atoms with Crippen molar-refractivity contribution < 1.29 is 4.79 Å². The number of nitrogens with zero attached hydrogens (tertiary/aromatic N) is 2. The summed E-state index contributed by atoms with van der Waals surface area (Å²) in [5, 5.41) is 11.3. The molecule has 1 amide bonds. The van der Waals surface area contributed by atoms with Crippen LogP contribution >= 0.6 is 12.4 Å². The number of hydrogen-bond acceptors (Lipinski definition) is 3. The molecule has 2 atom stereocenters. The van der Waals surface area contributed by atoms with Crippen molar-refractivity contribution in [2.24, 2.45) is 0 Å². The van der Waals surface area contributed by atoms with Gasteiger partial charge in [0.05, 0.1) is 5.69 Å². The smallest absolute Gasteiger partial charge is 0.272 e. The lowest BCUT2D eigenvalue weighted by Gasteiger charge is -2.28. The molecule has 1 saturated heterocycles. The van der Waals surface area contributed by atoms with E-state index in [2.05, 4.69) is 22.7 Å². The molecular weight excluding hydrogens is 336 g/mol. The van der Waals surface area contributed by atoms with Crippen LogP contribution in [0.4, 0.5) is 0 Å². The predicted molar refractivity (Wildman–Crippen MR) is 101 cm³/mol. The van der Waals surface area contributed by atoms with E-state index in [0.717, 1.165) is 49.9 Å². The molecule has 1 aliphatic heterocycles. The highest BCUT2D eigenvalue weighted by Crippen LogP contribution is 2.28. The minimum absolute atomic E-state index is 0. The molecule has 0 saturated carbocycles. The first-order valence-electron chi connectivity index (χ1n) is 8.93. The van der Waals surface area contributed by atoms with Gasteiger partial charge in [-0.25, -0.2) is 4.68 Å². The van der Waals surface area contributed by atoms with Gasteiger partial charge in [0.15, 0.2) is 5.69 Å². The number of halogens is 1. The highest BCUT2D eigenvalue weighted by atomic mass is 35.5. The van der Waals surface area contributed by atoms with Crippen LogP contribution in [-0.4, -0.2) is 34.3 Å². The highest BCUT2D eigenvalue weighted by Gasteiger charge is 2.28. The molecule has 0 radical (unpaired) electrons. The molecule has 2 heterocycles. The number of piperidine rings is 1. The van der Waals surface area contributed by atoms with Crippen LogP contribution in [0.5, 0.6) is 0 Å². The van der Waals surface area contributed by atoms with Crippen molar-refractivity contribution in [1.29, 1.82) is 0 Å². The van der Waals surface area contributed by atoms with E-state index < -0.39 is 0 Å². The zero-order chi connectivity index (χ0) is 16.5. The number of nitrogens with one attached hydrogen (secondary N) is 2. The molecule has 2 aliphatic rings. The van der Waals surface area contributed by atoms with Gasteiger partial charge >= 0.3 is 0 Å². The molecule has 1 fully saturated rings. The fraction of sp³-hybridized carbons (Fsp3) is 0.474. The third kappa shape index (κ3) is 3.58. The van der Waals surface area contributed by atoms with Crippen molar-refractivity contribution in [3.63, 3.8) is 0 Å². The largest absolute Gasteiger partial charge is 0.348 e. The number of carbonyl (C=O) groups excluding carboxylic acids is 1. The van der Waals surface area contributed by atoms with Crippen molar-refractivity contribution in [3.05, 3.63) is 47.3 Å². The Bertz CT molecular complexity index is 743. The zero-order valence-electron chi connectivity index (χ0n) is 14.5. The van der Waals surface area contributed by atoms with E-state index >= 15 is 0 Å². The molecule has 2 unspecified atom stereocenters. The van der Waals surface area contributed by atoms with Gasteiger partial charge in [-0.1, -0.05) is 18.2 Å². The lowest BCUT2D eigenvalue weighted by Crippen LogP contribution is -2.46. The summed E-state index contributed by atoms with van der Waals surface area (Å²) in [6.45, 7) is 3.13. The Labute approximate surface area is 154 Å². The summed E-state index contributed by atoms with van der Waals surface area (Å²) in [7, 11) is 0. The van der Waals surface area contributed by atoms with Crippen LogP contribution < -0.4 is 10.6 Å². The van der Waals surface area contributed by atoms with Crippen LogP contribution in [0.25, 0.3) is 5.69 Å². The Morgan fingerprint density at radius 3 is 2.84 bits per heavy atom. The summed E-state index contributed by atoms with van der Waals surface area (Å²) in [6, 6.07) is 10.8. The molecule has 1 aromatic heterocycles. The molecule has 6 heteroatoms. The summed E-state index contributed by atoms with van der Waals surface area (Å²) < 4.78 is 1.96. The number of aromatic nitrogens is 2. The van der Waals surface area contributed by atoms with E-state index in [1.54, 1.807) is 0 Å². The van der Waals surface area contributed by atoms with Gasteiger partial charge < -0.3 is 10.6 Å². The fourth-order valence-electron chi connectivity index (χ4n) is 3.92. The first-order valence-corrected chi connectivity index (χ1v) is 8.93. The molecule has 2 aromatic rings. The van der Waals surface area contributed by atoms with Gasteiger partial charge in [-0.05, 0) is 57.7 Å². The summed E-state index contributed by atoms with van der Waals surface area (Å²) in [5.74, 6) is -0.0121. The Morgan fingerprint density at radius 1 is 1.28 bits per heavy atom. The first kappa shape index (κ1) is 18.0. The quantitative estimate of drug-likeness (QED) is 0.884. The number of benzene rings is 1. The van der Waals surface area contributed by atoms with Crippen molar-refractivity contribution in [3.8, 4) is 5.69 Å². The summed E-state index contributed by atoms with van der Waals surface area (Å²) >= 11 is 0. The summed E-state index contributed by atoms with van der Waals surface area (Å²) in [4.78, 5) is 12.8. The second kappa shape index (κ2) is 7.58. The Hall–Kier alpha value is -1.85. The minimum Gasteiger partial charge on any atom is -0.348 e. The molecule has 5 nitrogen and oxygen atoms in total. The molecule has 134 valence electrons. The predicted octanol–water partition coefficient (Wildman–Crippen LogP) is 2.65. The van der Waals surface area contributed by atoms with Gasteiger partial charge in [0.25, 0.3) is 5.91 Å². The molecule has 0 bridgehead atoms. The Morgan fingerprint density at radius 2 is 2.08 bits per heavy atom. The molecule has 0 spiro atoms. The highest BCUT2D eigenvalue weighted by molar-refractivity contribution is 5.94. The lowest BCUT2D eigenvalue weighted by molar-refractivity contribution is 0.0919. The van der Waals surface area contributed by atoms with Gasteiger partial charge in [0.1, 0.15) is 0 Å². The number of para-hydroxylation sites is 1. The van der Waals surface area contributed by atoms with E-state index in [1.165, 1.54) is 5.69 Å². The molecule has 2 N–H and O–H groups in total. The number of amides is 1. The number of hydrogen-bond donors (Lipinski definition) is 2. The van der Waals surface area contributed by atoms with Gasteiger partial charge in [-0.15, -0.1) is 12.4 Å². The van der Waals surface area contributed by atoms with Gasteiger partial charge in [0.2, 0.25) is 0 Å². The standard InChI is InChI=1S/C19H24N4O.ClH/c1-13-12-14(10-11-20-13)21-19(24)18-16-8-5-9-17(16)23(22-18)15-6-3-2-4-7-15;/h2-4,6-7,13-14,20H,5,8-12H2,1H3,(H,21,24);1H. The van der Waals surface area contributed by atoms with Crippen molar-refractivity contribution in [2.75, 3.05) is 6.54 Å². The lowest BCUT2D eigenvalue weighted by atomic mass is 10.0.